The smallest absolute Gasteiger partial charge is 0.0665 e. The lowest BCUT2D eigenvalue weighted by Crippen LogP contribution is -2.30. The minimum atomic E-state index is 0.296. The van der Waals surface area contributed by atoms with Crippen LogP contribution in [0.5, 0.6) is 0 Å². The van der Waals surface area contributed by atoms with Gasteiger partial charge < -0.3 is 10.1 Å². The lowest BCUT2D eigenvalue weighted by molar-refractivity contribution is -0.0146. The molecule has 0 bridgehead atoms. The largest absolute Gasteiger partial charge is 0.376 e. The first-order valence-corrected chi connectivity index (χ1v) is 7.98. The standard InChI is InChI=1S/C18H29NO/c1-13-9-10-16(15(3)11-13)17(19-4)12-20-18-8-6-5-7-14(18)2/h9-11,14,17-19H,5-8,12H2,1-4H3. The Labute approximate surface area is 123 Å². The maximum Gasteiger partial charge on any atom is 0.0665 e. The van der Waals surface area contributed by atoms with Gasteiger partial charge in [-0.25, -0.2) is 0 Å². The molecule has 2 rings (SSSR count). The zero-order valence-corrected chi connectivity index (χ0v) is 13.4. The molecule has 1 aromatic rings. The summed E-state index contributed by atoms with van der Waals surface area (Å²) < 4.78 is 6.23. The highest BCUT2D eigenvalue weighted by Crippen LogP contribution is 2.28. The van der Waals surface area contributed by atoms with E-state index in [1.54, 1.807) is 0 Å². The lowest BCUT2D eigenvalue weighted by Gasteiger charge is -2.30. The van der Waals surface area contributed by atoms with Crippen LogP contribution in [0.3, 0.4) is 0 Å². The van der Waals surface area contributed by atoms with Crippen molar-refractivity contribution in [2.75, 3.05) is 13.7 Å². The number of aryl methyl sites for hydroxylation is 2. The first-order chi connectivity index (χ1) is 9.61. The predicted molar refractivity (Wildman–Crippen MR) is 85.1 cm³/mol. The molecule has 3 atom stereocenters. The van der Waals surface area contributed by atoms with Gasteiger partial charge in [-0.15, -0.1) is 0 Å². The number of likely N-dealkylation sites (N-methyl/N-ethyl adjacent to an activating group) is 1. The summed E-state index contributed by atoms with van der Waals surface area (Å²) in [7, 11) is 2.03. The van der Waals surface area contributed by atoms with Crippen LogP contribution < -0.4 is 5.32 Å². The Hall–Kier alpha value is -0.860. The van der Waals surface area contributed by atoms with Crippen LogP contribution >= 0.6 is 0 Å². The molecular weight excluding hydrogens is 246 g/mol. The second-order valence-corrected chi connectivity index (χ2v) is 6.33. The first kappa shape index (κ1) is 15.5. The van der Waals surface area contributed by atoms with Crippen LogP contribution in [0, 0.1) is 19.8 Å². The van der Waals surface area contributed by atoms with E-state index in [0.29, 0.717) is 18.1 Å². The van der Waals surface area contributed by atoms with Crippen LogP contribution in [-0.4, -0.2) is 19.8 Å². The summed E-state index contributed by atoms with van der Waals surface area (Å²) in [5, 5.41) is 3.41. The minimum absolute atomic E-state index is 0.296. The Bertz CT molecular complexity index is 429. The van der Waals surface area contributed by atoms with Crippen molar-refractivity contribution in [3.05, 3.63) is 34.9 Å². The summed E-state index contributed by atoms with van der Waals surface area (Å²) in [6, 6.07) is 6.97. The van der Waals surface area contributed by atoms with Gasteiger partial charge in [0, 0.05) is 0 Å². The second kappa shape index (κ2) is 7.24. The summed E-state index contributed by atoms with van der Waals surface area (Å²) in [5.74, 6) is 0.709. The normalized spacial score (nSPS) is 24.6. The van der Waals surface area contributed by atoms with Gasteiger partial charge in [-0.05, 0) is 50.8 Å². The number of nitrogens with one attached hydrogen (secondary N) is 1. The lowest BCUT2D eigenvalue weighted by atomic mass is 9.88. The average molecular weight is 275 g/mol. The fraction of sp³-hybridized carbons (Fsp3) is 0.667. The summed E-state index contributed by atoms with van der Waals surface area (Å²) in [5.41, 5.74) is 4.04. The molecule has 0 spiro atoms. The highest BCUT2D eigenvalue weighted by Gasteiger charge is 2.23. The Morgan fingerprint density at radius 3 is 2.65 bits per heavy atom. The summed E-state index contributed by atoms with van der Waals surface area (Å²) in [6.07, 6.45) is 5.68. The monoisotopic (exact) mass is 275 g/mol. The van der Waals surface area contributed by atoms with Gasteiger partial charge in [-0.2, -0.15) is 0 Å². The SMILES string of the molecule is CNC(COC1CCCCC1C)c1ccc(C)cc1C. The van der Waals surface area contributed by atoms with Gasteiger partial charge in [0.15, 0.2) is 0 Å². The molecule has 1 fully saturated rings. The van der Waals surface area contributed by atoms with Crippen molar-refractivity contribution in [1.82, 2.24) is 5.32 Å². The van der Waals surface area contributed by atoms with Crippen molar-refractivity contribution in [2.45, 2.75) is 58.6 Å². The van der Waals surface area contributed by atoms with E-state index in [1.807, 2.05) is 7.05 Å². The Kier molecular flexibility index (Phi) is 5.62. The van der Waals surface area contributed by atoms with Crippen LogP contribution in [0.15, 0.2) is 18.2 Å². The fourth-order valence-corrected chi connectivity index (χ4v) is 3.29. The topological polar surface area (TPSA) is 21.3 Å². The minimum Gasteiger partial charge on any atom is -0.376 e. The Balaban J connectivity index is 1.98. The van der Waals surface area contributed by atoms with E-state index in [2.05, 4.69) is 44.3 Å². The highest BCUT2D eigenvalue weighted by atomic mass is 16.5. The molecule has 0 heterocycles. The Morgan fingerprint density at radius 1 is 1.25 bits per heavy atom. The third-order valence-corrected chi connectivity index (χ3v) is 4.66. The van der Waals surface area contributed by atoms with Gasteiger partial charge in [-0.1, -0.05) is 43.5 Å². The third-order valence-electron chi connectivity index (χ3n) is 4.66. The third kappa shape index (κ3) is 3.83. The van der Waals surface area contributed by atoms with Gasteiger partial charge in [-0.3, -0.25) is 0 Å². The maximum absolute atomic E-state index is 6.23. The molecule has 3 unspecified atom stereocenters. The molecule has 20 heavy (non-hydrogen) atoms. The van der Waals surface area contributed by atoms with E-state index < -0.39 is 0 Å². The van der Waals surface area contributed by atoms with Crippen molar-refractivity contribution >= 4 is 0 Å². The van der Waals surface area contributed by atoms with Crippen LogP contribution in [0.2, 0.25) is 0 Å². The van der Waals surface area contributed by atoms with Gasteiger partial charge in [0.05, 0.1) is 18.8 Å². The molecule has 0 radical (unpaired) electrons. The number of rotatable bonds is 5. The summed E-state index contributed by atoms with van der Waals surface area (Å²) in [6.45, 7) is 7.44. The second-order valence-electron chi connectivity index (χ2n) is 6.33. The highest BCUT2D eigenvalue weighted by molar-refractivity contribution is 5.32. The maximum atomic E-state index is 6.23. The van der Waals surface area contributed by atoms with Gasteiger partial charge in [0.25, 0.3) is 0 Å². The van der Waals surface area contributed by atoms with Crippen LogP contribution in [-0.2, 0) is 4.74 Å². The van der Waals surface area contributed by atoms with Crippen molar-refractivity contribution in [3.8, 4) is 0 Å². The molecule has 1 N–H and O–H groups in total. The molecule has 1 aliphatic rings. The van der Waals surface area contributed by atoms with E-state index >= 15 is 0 Å². The molecule has 112 valence electrons. The van der Waals surface area contributed by atoms with Crippen molar-refractivity contribution in [3.63, 3.8) is 0 Å². The van der Waals surface area contributed by atoms with Crippen LogP contribution in [0.1, 0.15) is 55.3 Å². The van der Waals surface area contributed by atoms with Crippen LogP contribution in [0.4, 0.5) is 0 Å². The Morgan fingerprint density at radius 2 is 2.00 bits per heavy atom. The van der Waals surface area contributed by atoms with E-state index in [1.165, 1.54) is 42.4 Å². The van der Waals surface area contributed by atoms with E-state index in [4.69, 9.17) is 4.74 Å². The van der Waals surface area contributed by atoms with Crippen molar-refractivity contribution < 1.29 is 4.74 Å². The van der Waals surface area contributed by atoms with Crippen LogP contribution in [0.25, 0.3) is 0 Å². The van der Waals surface area contributed by atoms with Gasteiger partial charge >= 0.3 is 0 Å². The zero-order valence-electron chi connectivity index (χ0n) is 13.4. The molecule has 1 saturated carbocycles. The van der Waals surface area contributed by atoms with E-state index in [0.717, 1.165) is 6.61 Å². The molecule has 1 aliphatic carbocycles. The fourth-order valence-electron chi connectivity index (χ4n) is 3.29. The number of hydrogen-bond acceptors (Lipinski definition) is 2. The van der Waals surface area contributed by atoms with Gasteiger partial charge in [0.2, 0.25) is 0 Å². The molecule has 0 aliphatic heterocycles. The van der Waals surface area contributed by atoms with Crippen molar-refractivity contribution in [2.24, 2.45) is 5.92 Å². The van der Waals surface area contributed by atoms with Gasteiger partial charge in [0.1, 0.15) is 0 Å². The summed E-state index contributed by atoms with van der Waals surface area (Å²) >= 11 is 0. The number of benzene rings is 1. The van der Waals surface area contributed by atoms with E-state index in [9.17, 15) is 0 Å². The molecule has 1 aromatic carbocycles. The molecule has 0 saturated heterocycles. The molecule has 2 heteroatoms. The number of ether oxygens (including phenoxy) is 1. The number of hydrogen-bond donors (Lipinski definition) is 1. The predicted octanol–water partition coefficient (Wildman–Crippen LogP) is 4.16. The molecule has 2 nitrogen and oxygen atoms in total. The molecule has 0 amide bonds. The molecule has 0 aromatic heterocycles. The first-order valence-electron chi connectivity index (χ1n) is 7.98. The quantitative estimate of drug-likeness (QED) is 0.871. The molecular formula is C18H29NO. The van der Waals surface area contributed by atoms with Crippen molar-refractivity contribution in [1.29, 1.82) is 0 Å². The average Bonchev–Trinajstić information content (AvgIpc) is 2.43. The zero-order chi connectivity index (χ0) is 14.5. The summed E-state index contributed by atoms with van der Waals surface area (Å²) in [4.78, 5) is 0. The van der Waals surface area contributed by atoms with E-state index in [-0.39, 0.29) is 0 Å².